The number of rotatable bonds is 3. The lowest BCUT2D eigenvalue weighted by molar-refractivity contribution is 0.0443. The van der Waals surface area contributed by atoms with Gasteiger partial charge in [-0.25, -0.2) is 4.79 Å². The molecule has 2 saturated heterocycles. The summed E-state index contributed by atoms with van der Waals surface area (Å²) < 4.78 is 5.56. The summed E-state index contributed by atoms with van der Waals surface area (Å²) in [5.41, 5.74) is 1.02. The van der Waals surface area contributed by atoms with E-state index in [2.05, 4.69) is 52.7 Å². The molecule has 1 N–H and O–H groups in total. The van der Waals surface area contributed by atoms with Crippen LogP contribution in [0.4, 0.5) is 4.79 Å². The van der Waals surface area contributed by atoms with Gasteiger partial charge in [0.05, 0.1) is 6.54 Å². The lowest BCUT2D eigenvalue weighted by atomic mass is 9.95. The highest BCUT2D eigenvalue weighted by Gasteiger charge is 2.41. The van der Waals surface area contributed by atoms with Gasteiger partial charge in [-0.1, -0.05) is 30.3 Å². The quantitative estimate of drug-likeness (QED) is 0.920. The van der Waals surface area contributed by atoms with Gasteiger partial charge in [-0.2, -0.15) is 0 Å². The first-order valence-corrected chi connectivity index (χ1v) is 9.37. The number of alkyl carbamates (subject to hydrolysis) is 1. The smallest absolute Gasteiger partial charge is 0.407 e. The van der Waals surface area contributed by atoms with Gasteiger partial charge in [0.1, 0.15) is 5.60 Å². The van der Waals surface area contributed by atoms with Crippen LogP contribution in [0, 0.1) is 0 Å². The van der Waals surface area contributed by atoms with Crippen LogP contribution in [0.15, 0.2) is 42.5 Å². The van der Waals surface area contributed by atoms with E-state index in [9.17, 15) is 4.79 Å². The molecule has 0 unspecified atom stereocenters. The number of likely N-dealkylation sites (tertiary alicyclic amines) is 1. The highest BCUT2D eigenvalue weighted by molar-refractivity contribution is 7.15. The fraction of sp³-hybridized carbons (Fsp3) is 0.421. The average Bonchev–Trinajstić information content (AvgIpc) is 3.15. The van der Waals surface area contributed by atoms with Crippen LogP contribution in [0.5, 0.6) is 0 Å². The predicted molar refractivity (Wildman–Crippen MR) is 96.1 cm³/mol. The number of amides is 1. The minimum absolute atomic E-state index is 0.255. The van der Waals surface area contributed by atoms with Gasteiger partial charge in [-0.05, 0) is 37.1 Å². The van der Waals surface area contributed by atoms with Gasteiger partial charge in [0.25, 0.3) is 0 Å². The number of hydrogen-bond acceptors (Lipinski definition) is 4. The van der Waals surface area contributed by atoms with Crippen LogP contribution in [0.25, 0.3) is 10.4 Å². The Morgan fingerprint density at radius 1 is 1.12 bits per heavy atom. The molecule has 24 heavy (non-hydrogen) atoms. The molecule has 4 rings (SSSR count). The molecular formula is C19H22N2O2S. The van der Waals surface area contributed by atoms with E-state index in [-0.39, 0.29) is 11.7 Å². The van der Waals surface area contributed by atoms with E-state index in [1.54, 1.807) is 0 Å². The Hall–Kier alpha value is -1.85. The van der Waals surface area contributed by atoms with Crippen LogP contribution in [0.3, 0.4) is 0 Å². The average molecular weight is 342 g/mol. The summed E-state index contributed by atoms with van der Waals surface area (Å²) in [5.74, 6) is 0. The molecule has 0 saturated carbocycles. The van der Waals surface area contributed by atoms with Crippen molar-refractivity contribution in [3.05, 3.63) is 47.3 Å². The third kappa shape index (κ3) is 3.32. The molecule has 1 aromatic carbocycles. The highest BCUT2D eigenvalue weighted by Crippen LogP contribution is 2.32. The van der Waals surface area contributed by atoms with E-state index >= 15 is 0 Å². The number of carbonyl (C=O) groups excluding carboxylic acids is 1. The third-order valence-corrected chi connectivity index (χ3v) is 6.07. The number of hydrogen-bond donors (Lipinski definition) is 1. The minimum Gasteiger partial charge on any atom is -0.441 e. The van der Waals surface area contributed by atoms with E-state index in [1.807, 2.05) is 11.3 Å². The van der Waals surface area contributed by atoms with Crippen LogP contribution in [0.1, 0.15) is 24.1 Å². The third-order valence-electron chi connectivity index (χ3n) is 4.95. The van der Waals surface area contributed by atoms with Crippen LogP contribution >= 0.6 is 11.3 Å². The van der Waals surface area contributed by atoms with E-state index in [1.165, 1.54) is 15.3 Å². The van der Waals surface area contributed by atoms with Gasteiger partial charge in [0.2, 0.25) is 0 Å². The van der Waals surface area contributed by atoms with Gasteiger partial charge in [0.15, 0.2) is 0 Å². The Bertz CT molecular complexity index is 715. The van der Waals surface area contributed by atoms with E-state index in [0.29, 0.717) is 6.54 Å². The summed E-state index contributed by atoms with van der Waals surface area (Å²) in [6.07, 6.45) is 2.70. The van der Waals surface area contributed by atoms with Crippen LogP contribution < -0.4 is 5.32 Å². The molecule has 2 aliphatic rings. The molecule has 1 spiro atoms. The Kier molecular flexibility index (Phi) is 4.29. The molecular weight excluding hydrogens is 320 g/mol. The van der Waals surface area contributed by atoms with Crippen molar-refractivity contribution in [1.29, 1.82) is 0 Å². The first kappa shape index (κ1) is 15.7. The van der Waals surface area contributed by atoms with Crippen molar-refractivity contribution in [2.24, 2.45) is 0 Å². The van der Waals surface area contributed by atoms with Crippen LogP contribution in [0.2, 0.25) is 0 Å². The van der Waals surface area contributed by atoms with Crippen molar-refractivity contribution in [1.82, 2.24) is 10.2 Å². The maximum atomic E-state index is 11.4. The summed E-state index contributed by atoms with van der Waals surface area (Å²) in [4.78, 5) is 16.6. The number of thiophene rings is 1. The lowest BCUT2D eigenvalue weighted by Gasteiger charge is -2.24. The molecule has 2 fully saturated rings. The topological polar surface area (TPSA) is 41.6 Å². The van der Waals surface area contributed by atoms with Gasteiger partial charge >= 0.3 is 6.09 Å². The van der Waals surface area contributed by atoms with Gasteiger partial charge in [-0.15, -0.1) is 11.3 Å². The van der Waals surface area contributed by atoms with Crippen molar-refractivity contribution in [2.45, 2.75) is 31.4 Å². The van der Waals surface area contributed by atoms with Gasteiger partial charge in [-0.3, -0.25) is 4.90 Å². The summed E-state index contributed by atoms with van der Waals surface area (Å²) in [6.45, 7) is 3.69. The van der Waals surface area contributed by atoms with Crippen molar-refractivity contribution in [3.8, 4) is 10.4 Å². The second-order valence-corrected chi connectivity index (χ2v) is 7.86. The summed E-state index contributed by atoms with van der Waals surface area (Å²) in [7, 11) is 0. The number of benzene rings is 1. The fourth-order valence-corrected chi connectivity index (χ4v) is 4.66. The van der Waals surface area contributed by atoms with E-state index in [4.69, 9.17) is 4.74 Å². The lowest BCUT2D eigenvalue weighted by Crippen LogP contribution is -2.34. The maximum Gasteiger partial charge on any atom is 0.407 e. The molecule has 0 radical (unpaired) electrons. The zero-order chi connectivity index (χ0) is 16.4. The monoisotopic (exact) mass is 342 g/mol. The van der Waals surface area contributed by atoms with Crippen molar-refractivity contribution in [2.75, 3.05) is 19.6 Å². The molecule has 4 nitrogen and oxygen atoms in total. The summed E-state index contributed by atoms with van der Waals surface area (Å²) in [6, 6.07) is 15.0. The normalized spacial score (nSPS) is 24.6. The zero-order valence-corrected chi connectivity index (χ0v) is 14.5. The number of ether oxygens (including phenoxy) is 1. The van der Waals surface area contributed by atoms with Crippen LogP contribution in [-0.2, 0) is 11.3 Å². The Morgan fingerprint density at radius 3 is 2.79 bits per heavy atom. The Balaban J connectivity index is 1.39. The largest absolute Gasteiger partial charge is 0.441 e. The minimum atomic E-state index is -0.267. The molecule has 2 aromatic rings. The Labute approximate surface area is 146 Å². The van der Waals surface area contributed by atoms with Crippen molar-refractivity contribution >= 4 is 17.4 Å². The van der Waals surface area contributed by atoms with Gasteiger partial charge < -0.3 is 10.1 Å². The molecule has 5 heteroatoms. The SMILES string of the molecule is O=C1NC[C@@]2(CCCN(Cc3ccc(-c4ccccc4)s3)CC2)O1. The number of nitrogens with one attached hydrogen (secondary N) is 1. The standard InChI is InChI=1S/C19H22N2O2S/c22-18-20-14-19(23-18)9-4-11-21(12-10-19)13-16-7-8-17(24-16)15-5-2-1-3-6-15/h1-3,5-8H,4,9-14H2,(H,20,22)/t19-/m0/s1. The number of carbonyl (C=O) groups is 1. The molecule has 0 bridgehead atoms. The predicted octanol–water partition coefficient (Wildman–Crippen LogP) is 3.88. The molecule has 126 valence electrons. The zero-order valence-electron chi connectivity index (χ0n) is 13.7. The number of nitrogens with zero attached hydrogens (tertiary/aromatic N) is 1. The summed E-state index contributed by atoms with van der Waals surface area (Å²) >= 11 is 1.87. The first-order chi connectivity index (χ1) is 11.7. The van der Waals surface area contributed by atoms with Crippen molar-refractivity contribution in [3.63, 3.8) is 0 Å². The Morgan fingerprint density at radius 2 is 2.00 bits per heavy atom. The summed E-state index contributed by atoms with van der Waals surface area (Å²) in [5, 5.41) is 2.82. The second kappa shape index (κ2) is 6.57. The van der Waals surface area contributed by atoms with Crippen LogP contribution in [-0.4, -0.2) is 36.2 Å². The maximum absolute atomic E-state index is 11.4. The second-order valence-electron chi connectivity index (χ2n) is 6.69. The molecule has 2 aliphatic heterocycles. The highest BCUT2D eigenvalue weighted by atomic mass is 32.1. The molecule has 1 amide bonds. The van der Waals surface area contributed by atoms with E-state index < -0.39 is 0 Å². The molecule has 0 aliphatic carbocycles. The van der Waals surface area contributed by atoms with Gasteiger partial charge in [0, 0.05) is 29.3 Å². The molecule has 1 atom stereocenters. The van der Waals surface area contributed by atoms with Crippen molar-refractivity contribution < 1.29 is 9.53 Å². The molecule has 1 aromatic heterocycles. The molecule has 3 heterocycles. The first-order valence-electron chi connectivity index (χ1n) is 8.56. The van der Waals surface area contributed by atoms with E-state index in [0.717, 1.165) is 38.9 Å². The fourth-order valence-electron chi connectivity index (χ4n) is 3.60.